The maximum atomic E-state index is 13.0. The van der Waals surface area contributed by atoms with Crippen LogP contribution in [0.4, 0.5) is 4.39 Å². The second kappa shape index (κ2) is 8.75. The van der Waals surface area contributed by atoms with Gasteiger partial charge in [0.05, 0.1) is 18.5 Å². The molecule has 0 unspecified atom stereocenters. The normalized spacial score (nSPS) is 10.9. The first-order valence-electron chi connectivity index (χ1n) is 8.53. The largest absolute Gasteiger partial charge is 0.494 e. The van der Waals surface area contributed by atoms with Gasteiger partial charge in [0.2, 0.25) is 0 Å². The number of nitrogens with one attached hydrogen (secondary N) is 2. The van der Waals surface area contributed by atoms with Gasteiger partial charge in [0.15, 0.2) is 0 Å². The van der Waals surface area contributed by atoms with E-state index in [4.69, 9.17) is 4.74 Å². The molecule has 0 aliphatic carbocycles. The van der Waals surface area contributed by atoms with Gasteiger partial charge in [-0.25, -0.2) is 9.82 Å². The van der Waals surface area contributed by atoms with Crippen LogP contribution in [0.1, 0.15) is 29.4 Å². The monoisotopic (exact) mass is 366 g/mol. The Bertz CT molecular complexity index is 918. The van der Waals surface area contributed by atoms with Crippen molar-refractivity contribution in [2.24, 2.45) is 5.10 Å². The second-order valence-corrected chi connectivity index (χ2v) is 5.79. The van der Waals surface area contributed by atoms with Crippen molar-refractivity contribution in [3.8, 4) is 17.0 Å². The number of amides is 1. The van der Waals surface area contributed by atoms with Crippen LogP contribution >= 0.6 is 0 Å². The number of aromatic amines is 1. The molecule has 1 amide bonds. The van der Waals surface area contributed by atoms with E-state index in [9.17, 15) is 9.18 Å². The molecule has 0 aliphatic rings. The summed E-state index contributed by atoms with van der Waals surface area (Å²) < 4.78 is 18.5. The summed E-state index contributed by atoms with van der Waals surface area (Å²) in [5.41, 5.74) is 4.78. The summed E-state index contributed by atoms with van der Waals surface area (Å²) >= 11 is 0. The highest BCUT2D eigenvalue weighted by molar-refractivity contribution is 5.94. The lowest BCUT2D eigenvalue weighted by atomic mass is 10.1. The molecule has 2 aromatic carbocycles. The maximum Gasteiger partial charge on any atom is 0.289 e. The number of nitrogens with zero attached hydrogens (tertiary/aromatic N) is 2. The summed E-state index contributed by atoms with van der Waals surface area (Å²) in [6.07, 6.45) is 2.49. The number of aromatic nitrogens is 2. The third kappa shape index (κ3) is 5.01. The molecule has 138 valence electrons. The Morgan fingerprint density at radius 3 is 2.67 bits per heavy atom. The summed E-state index contributed by atoms with van der Waals surface area (Å²) in [5.74, 6) is 0.0466. The summed E-state index contributed by atoms with van der Waals surface area (Å²) in [6.45, 7) is 2.72. The zero-order chi connectivity index (χ0) is 19.1. The summed E-state index contributed by atoms with van der Waals surface area (Å²) in [6, 6.07) is 14.9. The number of carbonyl (C=O) groups excluding carboxylic acids is 1. The van der Waals surface area contributed by atoms with E-state index in [1.165, 1.54) is 12.1 Å². The Morgan fingerprint density at radius 1 is 1.22 bits per heavy atom. The van der Waals surface area contributed by atoms with Gasteiger partial charge < -0.3 is 4.74 Å². The Balaban J connectivity index is 1.57. The Hall–Kier alpha value is -3.48. The quantitative estimate of drug-likeness (QED) is 0.493. The van der Waals surface area contributed by atoms with E-state index < -0.39 is 5.91 Å². The van der Waals surface area contributed by atoms with E-state index in [-0.39, 0.29) is 11.5 Å². The van der Waals surface area contributed by atoms with Crippen LogP contribution in [-0.4, -0.2) is 28.9 Å². The fourth-order valence-electron chi connectivity index (χ4n) is 2.30. The van der Waals surface area contributed by atoms with Gasteiger partial charge in [-0.3, -0.25) is 9.89 Å². The minimum Gasteiger partial charge on any atom is -0.494 e. The lowest BCUT2D eigenvalue weighted by molar-refractivity contribution is 0.0950. The van der Waals surface area contributed by atoms with Crippen molar-refractivity contribution >= 4 is 12.1 Å². The molecule has 6 nitrogen and oxygen atoms in total. The van der Waals surface area contributed by atoms with Crippen molar-refractivity contribution in [1.82, 2.24) is 15.6 Å². The fraction of sp³-hybridized carbons (Fsp3) is 0.150. The molecule has 0 aliphatic heterocycles. The number of ether oxygens (including phenoxy) is 1. The molecule has 1 aromatic heterocycles. The van der Waals surface area contributed by atoms with Crippen molar-refractivity contribution in [2.45, 2.75) is 13.3 Å². The van der Waals surface area contributed by atoms with Gasteiger partial charge in [-0.15, -0.1) is 0 Å². The number of hydrogen-bond acceptors (Lipinski definition) is 4. The first kappa shape index (κ1) is 18.3. The fourth-order valence-corrected chi connectivity index (χ4v) is 2.30. The molecular weight excluding hydrogens is 347 g/mol. The van der Waals surface area contributed by atoms with Gasteiger partial charge in [-0.05, 0) is 66.6 Å². The number of rotatable bonds is 7. The first-order valence-corrected chi connectivity index (χ1v) is 8.53. The van der Waals surface area contributed by atoms with Crippen LogP contribution < -0.4 is 10.2 Å². The zero-order valence-corrected chi connectivity index (χ0v) is 14.8. The van der Waals surface area contributed by atoms with Crippen LogP contribution in [0.15, 0.2) is 59.7 Å². The number of halogens is 1. The van der Waals surface area contributed by atoms with Crippen LogP contribution in [0.25, 0.3) is 11.3 Å². The van der Waals surface area contributed by atoms with Crippen LogP contribution in [0.2, 0.25) is 0 Å². The molecule has 0 spiro atoms. The van der Waals surface area contributed by atoms with Crippen molar-refractivity contribution in [3.63, 3.8) is 0 Å². The zero-order valence-electron chi connectivity index (χ0n) is 14.8. The number of carbonyl (C=O) groups is 1. The molecule has 1 heterocycles. The van der Waals surface area contributed by atoms with Crippen molar-refractivity contribution in [3.05, 3.63) is 71.7 Å². The van der Waals surface area contributed by atoms with Gasteiger partial charge in [0.25, 0.3) is 5.91 Å². The predicted octanol–water partition coefficient (Wildman–Crippen LogP) is 3.77. The molecular formula is C20H19FN4O2. The molecule has 0 bridgehead atoms. The standard InChI is InChI=1S/C20H19FN4O2/c1-2-11-27-17-9-3-14(4-10-17)13-22-25-20(26)19-12-18(23-24-19)15-5-7-16(21)8-6-15/h3-10,12-13H,2,11H2,1H3,(H,23,24)(H,25,26). The molecule has 0 fully saturated rings. The van der Waals surface area contributed by atoms with Gasteiger partial charge in [0, 0.05) is 5.56 Å². The van der Waals surface area contributed by atoms with E-state index in [1.54, 1.807) is 24.4 Å². The maximum absolute atomic E-state index is 13.0. The van der Waals surface area contributed by atoms with Crippen molar-refractivity contribution in [1.29, 1.82) is 0 Å². The van der Waals surface area contributed by atoms with Gasteiger partial charge >= 0.3 is 0 Å². The minimum absolute atomic E-state index is 0.259. The summed E-state index contributed by atoms with van der Waals surface area (Å²) in [5, 5.41) is 10.7. The molecule has 0 atom stereocenters. The molecule has 0 radical (unpaired) electrons. The third-order valence-corrected chi connectivity index (χ3v) is 3.70. The number of hydrogen-bond donors (Lipinski definition) is 2. The van der Waals surface area contributed by atoms with Crippen LogP contribution in [0, 0.1) is 5.82 Å². The predicted molar refractivity (Wildman–Crippen MR) is 101 cm³/mol. The third-order valence-electron chi connectivity index (χ3n) is 3.70. The summed E-state index contributed by atoms with van der Waals surface area (Å²) in [7, 11) is 0. The smallest absolute Gasteiger partial charge is 0.289 e. The molecule has 0 saturated carbocycles. The highest BCUT2D eigenvalue weighted by atomic mass is 19.1. The molecule has 2 N–H and O–H groups in total. The van der Waals surface area contributed by atoms with Gasteiger partial charge in [-0.1, -0.05) is 6.92 Å². The lowest BCUT2D eigenvalue weighted by Crippen LogP contribution is -2.17. The second-order valence-electron chi connectivity index (χ2n) is 5.79. The molecule has 27 heavy (non-hydrogen) atoms. The van der Waals surface area contributed by atoms with Crippen molar-refractivity contribution in [2.75, 3.05) is 6.61 Å². The average molecular weight is 366 g/mol. The average Bonchev–Trinajstić information content (AvgIpc) is 3.18. The number of benzene rings is 2. The topological polar surface area (TPSA) is 79.4 Å². The van der Waals surface area contributed by atoms with Crippen LogP contribution in [0.3, 0.4) is 0 Å². The Morgan fingerprint density at radius 2 is 1.96 bits per heavy atom. The lowest BCUT2D eigenvalue weighted by Gasteiger charge is -2.03. The van der Waals surface area contributed by atoms with Gasteiger partial charge in [-0.2, -0.15) is 10.2 Å². The Kier molecular flexibility index (Phi) is 5.94. The summed E-state index contributed by atoms with van der Waals surface area (Å²) in [4.78, 5) is 12.1. The van der Waals surface area contributed by atoms with Gasteiger partial charge in [0.1, 0.15) is 17.3 Å². The van der Waals surface area contributed by atoms with E-state index in [0.717, 1.165) is 17.7 Å². The minimum atomic E-state index is -0.421. The van der Waals surface area contributed by atoms with E-state index in [1.807, 2.05) is 31.2 Å². The Labute approximate surface area is 156 Å². The number of H-pyrrole nitrogens is 1. The molecule has 7 heteroatoms. The molecule has 3 rings (SSSR count). The SMILES string of the molecule is CCCOc1ccc(C=NNC(=O)c2cc(-c3ccc(F)cc3)n[nH]2)cc1. The van der Waals surface area contributed by atoms with E-state index >= 15 is 0 Å². The van der Waals surface area contributed by atoms with Crippen LogP contribution in [-0.2, 0) is 0 Å². The highest BCUT2D eigenvalue weighted by Crippen LogP contribution is 2.18. The molecule has 3 aromatic rings. The first-order chi connectivity index (χ1) is 13.2. The van der Waals surface area contributed by atoms with E-state index in [2.05, 4.69) is 20.7 Å². The number of hydrazone groups is 1. The highest BCUT2D eigenvalue weighted by Gasteiger charge is 2.10. The van der Waals surface area contributed by atoms with E-state index in [0.29, 0.717) is 17.9 Å². The van der Waals surface area contributed by atoms with Crippen molar-refractivity contribution < 1.29 is 13.9 Å². The molecule has 0 saturated heterocycles. The van der Waals surface area contributed by atoms with Crippen LogP contribution in [0.5, 0.6) is 5.75 Å².